The van der Waals surface area contributed by atoms with E-state index in [9.17, 15) is 4.79 Å². The van der Waals surface area contributed by atoms with Gasteiger partial charge in [0.25, 0.3) is 0 Å². The molecule has 2 rings (SSSR count). The maximum atomic E-state index is 11.7. The smallest absolute Gasteiger partial charge is 0.237 e. The predicted molar refractivity (Wildman–Crippen MR) is 65.2 cm³/mol. The van der Waals surface area contributed by atoms with E-state index in [2.05, 4.69) is 16.7 Å². The molecule has 1 atom stereocenters. The highest BCUT2D eigenvalue weighted by atomic mass is 16.2. The third-order valence-electron chi connectivity index (χ3n) is 3.51. The van der Waals surface area contributed by atoms with Crippen molar-refractivity contribution in [3.63, 3.8) is 0 Å². The summed E-state index contributed by atoms with van der Waals surface area (Å²) in [6.07, 6.45) is 10.6. The van der Waals surface area contributed by atoms with E-state index >= 15 is 0 Å². The number of nitrogens with one attached hydrogen (secondary N) is 2. The largest absolute Gasteiger partial charge is 0.355 e. The van der Waals surface area contributed by atoms with Crippen molar-refractivity contribution in [2.75, 3.05) is 13.1 Å². The Morgan fingerprint density at radius 1 is 1.38 bits per heavy atom. The van der Waals surface area contributed by atoms with Crippen molar-refractivity contribution in [2.45, 2.75) is 51.0 Å². The molecular weight excluding hydrogens is 200 g/mol. The highest BCUT2D eigenvalue weighted by Gasteiger charge is 2.19. The molecule has 1 heterocycles. The molecule has 0 saturated carbocycles. The van der Waals surface area contributed by atoms with Crippen LogP contribution in [0.25, 0.3) is 0 Å². The number of amides is 1. The zero-order valence-corrected chi connectivity index (χ0v) is 9.93. The molecule has 3 nitrogen and oxygen atoms in total. The zero-order valence-electron chi connectivity index (χ0n) is 9.93. The van der Waals surface area contributed by atoms with E-state index in [-0.39, 0.29) is 11.9 Å². The fourth-order valence-corrected chi connectivity index (χ4v) is 2.51. The average molecular weight is 222 g/mol. The second kappa shape index (κ2) is 6.04. The summed E-state index contributed by atoms with van der Waals surface area (Å²) in [7, 11) is 0. The third-order valence-corrected chi connectivity index (χ3v) is 3.51. The summed E-state index contributed by atoms with van der Waals surface area (Å²) in [6.45, 7) is 1.80. The van der Waals surface area contributed by atoms with Crippen molar-refractivity contribution < 1.29 is 4.79 Å². The van der Waals surface area contributed by atoms with Gasteiger partial charge in [-0.15, -0.1) is 0 Å². The van der Waals surface area contributed by atoms with Crippen molar-refractivity contribution in [1.29, 1.82) is 0 Å². The molecule has 3 heteroatoms. The minimum atomic E-state index is 0.0458. The minimum absolute atomic E-state index is 0.0458. The van der Waals surface area contributed by atoms with Crippen LogP contribution in [0, 0.1) is 0 Å². The lowest BCUT2D eigenvalue weighted by molar-refractivity contribution is -0.122. The fraction of sp³-hybridized carbons (Fsp3) is 0.769. The molecule has 0 bridgehead atoms. The van der Waals surface area contributed by atoms with Crippen LogP contribution in [0.3, 0.4) is 0 Å². The van der Waals surface area contributed by atoms with Crippen LogP contribution in [0.2, 0.25) is 0 Å². The van der Waals surface area contributed by atoms with Gasteiger partial charge in [0, 0.05) is 6.54 Å². The van der Waals surface area contributed by atoms with Crippen LogP contribution in [0.1, 0.15) is 44.9 Å². The molecule has 0 spiro atoms. The van der Waals surface area contributed by atoms with Gasteiger partial charge < -0.3 is 10.6 Å². The lowest BCUT2D eigenvalue weighted by Gasteiger charge is -2.15. The molecule has 0 radical (unpaired) electrons. The van der Waals surface area contributed by atoms with Crippen molar-refractivity contribution in [1.82, 2.24) is 10.6 Å². The molecule has 1 aliphatic carbocycles. The van der Waals surface area contributed by atoms with Crippen LogP contribution in [-0.2, 0) is 4.79 Å². The molecule has 0 aromatic heterocycles. The monoisotopic (exact) mass is 222 g/mol. The second-order valence-electron chi connectivity index (χ2n) is 4.80. The summed E-state index contributed by atoms with van der Waals surface area (Å²) >= 11 is 0. The Morgan fingerprint density at radius 3 is 3.12 bits per heavy atom. The normalized spacial score (nSPS) is 26.1. The van der Waals surface area contributed by atoms with E-state index in [1.807, 2.05) is 0 Å². The second-order valence-corrected chi connectivity index (χ2v) is 4.80. The van der Waals surface area contributed by atoms with Crippen molar-refractivity contribution in [3.05, 3.63) is 11.6 Å². The maximum absolute atomic E-state index is 11.7. The lowest BCUT2D eigenvalue weighted by atomic mass is 10.1. The Morgan fingerprint density at radius 2 is 2.31 bits per heavy atom. The number of hydrogen-bond donors (Lipinski definition) is 2. The van der Waals surface area contributed by atoms with Crippen LogP contribution in [0.15, 0.2) is 11.6 Å². The topological polar surface area (TPSA) is 41.1 Å². The first-order valence-corrected chi connectivity index (χ1v) is 6.55. The van der Waals surface area contributed by atoms with Gasteiger partial charge in [-0.25, -0.2) is 0 Å². The van der Waals surface area contributed by atoms with Crippen LogP contribution in [0.4, 0.5) is 0 Å². The van der Waals surface area contributed by atoms with Crippen LogP contribution in [-0.4, -0.2) is 25.0 Å². The number of hydrogen-bond acceptors (Lipinski definition) is 2. The Labute approximate surface area is 97.7 Å². The molecule has 1 fully saturated rings. The summed E-state index contributed by atoms with van der Waals surface area (Å²) in [5, 5.41) is 6.34. The maximum Gasteiger partial charge on any atom is 0.237 e. The molecule has 2 N–H and O–H groups in total. The van der Waals surface area contributed by atoms with Crippen LogP contribution < -0.4 is 10.6 Å². The van der Waals surface area contributed by atoms with Crippen LogP contribution >= 0.6 is 0 Å². The summed E-state index contributed by atoms with van der Waals surface area (Å²) in [6, 6.07) is 0.0458. The number of carbonyl (C=O) groups is 1. The first kappa shape index (κ1) is 11.6. The highest BCUT2D eigenvalue weighted by Crippen LogP contribution is 2.19. The molecule has 1 amide bonds. The summed E-state index contributed by atoms with van der Waals surface area (Å²) in [5.74, 6) is 0.193. The first-order chi connectivity index (χ1) is 7.86. The molecule has 0 aromatic carbocycles. The standard InChI is InChI=1S/C13H22N2O/c16-13-12(7-3-4-9-15-13)14-10-8-11-5-1-2-6-11/h5,12,14H,1-4,6-10H2,(H,15,16). The number of rotatable bonds is 4. The first-order valence-electron chi connectivity index (χ1n) is 6.55. The molecule has 0 aromatic rings. The Bertz CT molecular complexity index is 273. The van der Waals surface area contributed by atoms with E-state index in [1.54, 1.807) is 5.57 Å². The summed E-state index contributed by atoms with van der Waals surface area (Å²) in [5.41, 5.74) is 1.57. The zero-order chi connectivity index (χ0) is 11.2. The van der Waals surface area contributed by atoms with E-state index < -0.39 is 0 Å². The van der Waals surface area contributed by atoms with E-state index in [4.69, 9.17) is 0 Å². The molecule has 1 saturated heterocycles. The molecule has 2 aliphatic rings. The van der Waals surface area contributed by atoms with E-state index in [1.165, 1.54) is 19.3 Å². The summed E-state index contributed by atoms with van der Waals surface area (Å²) in [4.78, 5) is 11.7. The van der Waals surface area contributed by atoms with E-state index in [0.717, 1.165) is 38.8 Å². The van der Waals surface area contributed by atoms with Crippen molar-refractivity contribution in [3.8, 4) is 0 Å². The molecule has 90 valence electrons. The van der Waals surface area contributed by atoms with Gasteiger partial charge in [0.05, 0.1) is 6.04 Å². The highest BCUT2D eigenvalue weighted by molar-refractivity contribution is 5.81. The SMILES string of the molecule is O=C1NCCCCC1NCCC1=CCCC1. The van der Waals surface area contributed by atoms with E-state index in [0.29, 0.717) is 0 Å². The Kier molecular flexibility index (Phi) is 4.40. The van der Waals surface area contributed by atoms with Gasteiger partial charge in [-0.1, -0.05) is 11.6 Å². The van der Waals surface area contributed by atoms with Gasteiger partial charge in [0.1, 0.15) is 0 Å². The van der Waals surface area contributed by atoms with Crippen molar-refractivity contribution in [2.24, 2.45) is 0 Å². The van der Waals surface area contributed by atoms with Gasteiger partial charge >= 0.3 is 0 Å². The van der Waals surface area contributed by atoms with Gasteiger partial charge in [0.15, 0.2) is 0 Å². The van der Waals surface area contributed by atoms with Crippen LogP contribution in [0.5, 0.6) is 0 Å². The Hall–Kier alpha value is -0.830. The Balaban J connectivity index is 1.69. The van der Waals surface area contributed by atoms with Gasteiger partial charge in [-0.3, -0.25) is 4.79 Å². The number of allylic oxidation sites excluding steroid dienone is 1. The summed E-state index contributed by atoms with van der Waals surface area (Å²) < 4.78 is 0. The van der Waals surface area contributed by atoms with Gasteiger partial charge in [-0.2, -0.15) is 0 Å². The predicted octanol–water partition coefficient (Wildman–Crippen LogP) is 1.75. The minimum Gasteiger partial charge on any atom is -0.355 e. The quantitative estimate of drug-likeness (QED) is 0.711. The average Bonchev–Trinajstić information content (AvgIpc) is 2.71. The molecule has 1 aliphatic heterocycles. The third kappa shape index (κ3) is 3.34. The lowest BCUT2D eigenvalue weighted by Crippen LogP contribution is -2.43. The number of carbonyl (C=O) groups excluding carboxylic acids is 1. The molecule has 16 heavy (non-hydrogen) atoms. The van der Waals surface area contributed by atoms with Gasteiger partial charge in [-0.05, 0) is 51.5 Å². The fourth-order valence-electron chi connectivity index (χ4n) is 2.51. The molecule has 1 unspecified atom stereocenters. The molecular formula is C13H22N2O. The van der Waals surface area contributed by atoms with Crippen molar-refractivity contribution >= 4 is 5.91 Å². The van der Waals surface area contributed by atoms with Gasteiger partial charge in [0.2, 0.25) is 5.91 Å².